The van der Waals surface area contributed by atoms with Gasteiger partial charge in [-0.15, -0.1) is 10.2 Å². The van der Waals surface area contributed by atoms with Crippen molar-refractivity contribution in [3.05, 3.63) is 48.0 Å². The Morgan fingerprint density at radius 2 is 1.84 bits per heavy atom. The number of hydrogen-bond acceptors (Lipinski definition) is 8. The maximum atomic E-state index is 9.94. The van der Waals surface area contributed by atoms with Crippen LogP contribution >= 0.6 is 11.8 Å². The Morgan fingerprint density at radius 3 is 2.68 bits per heavy atom. The summed E-state index contributed by atoms with van der Waals surface area (Å²) >= 11 is 1.58. The maximum absolute atomic E-state index is 9.94. The van der Waals surface area contributed by atoms with E-state index >= 15 is 0 Å². The van der Waals surface area contributed by atoms with Gasteiger partial charge in [0.1, 0.15) is 0 Å². The fourth-order valence-corrected chi connectivity index (χ4v) is 4.21. The molecule has 0 amide bonds. The molecule has 31 heavy (non-hydrogen) atoms. The van der Waals surface area contributed by atoms with Crippen molar-refractivity contribution in [2.45, 2.75) is 50.4 Å². The molecule has 2 aromatic carbocycles. The number of ether oxygens (including phenoxy) is 1. The third-order valence-electron chi connectivity index (χ3n) is 5.11. The Labute approximate surface area is 185 Å². The van der Waals surface area contributed by atoms with Gasteiger partial charge in [0.2, 0.25) is 11.0 Å². The molecule has 0 bridgehead atoms. The molecule has 4 rings (SSSR count). The second-order valence-electron chi connectivity index (χ2n) is 7.45. The van der Waals surface area contributed by atoms with E-state index in [0.717, 1.165) is 23.4 Å². The Kier molecular flexibility index (Phi) is 6.76. The van der Waals surface area contributed by atoms with Crippen molar-refractivity contribution in [2.75, 3.05) is 11.1 Å². The van der Waals surface area contributed by atoms with Crippen LogP contribution < -0.4 is 10.1 Å². The van der Waals surface area contributed by atoms with E-state index in [1.54, 1.807) is 17.8 Å². The van der Waals surface area contributed by atoms with E-state index in [1.807, 2.05) is 24.3 Å². The first-order chi connectivity index (χ1) is 15.2. The fourth-order valence-electron chi connectivity index (χ4n) is 3.43. The molecule has 1 aliphatic heterocycles. The number of benzene rings is 2. The van der Waals surface area contributed by atoms with Crippen molar-refractivity contribution in [3.63, 3.8) is 0 Å². The van der Waals surface area contributed by atoms with Crippen LogP contribution in [0.15, 0.2) is 47.6 Å². The lowest BCUT2D eigenvalue weighted by Crippen LogP contribution is -2.17. The van der Waals surface area contributed by atoms with E-state index in [-0.39, 0.29) is 11.5 Å². The van der Waals surface area contributed by atoms with Crippen molar-refractivity contribution in [3.8, 4) is 28.6 Å². The molecule has 3 N–H and O–H groups in total. The number of unbranched alkanes of at least 4 members (excludes halogenated alkanes) is 4. The van der Waals surface area contributed by atoms with Crippen molar-refractivity contribution in [2.24, 2.45) is 0 Å². The number of para-hydroxylation sites is 1. The zero-order valence-electron chi connectivity index (χ0n) is 17.4. The molecule has 2 heterocycles. The first-order valence-electron chi connectivity index (χ1n) is 10.6. The highest BCUT2D eigenvalue weighted by Crippen LogP contribution is 2.40. The third kappa shape index (κ3) is 5.02. The van der Waals surface area contributed by atoms with Crippen molar-refractivity contribution in [1.82, 2.24) is 15.2 Å². The molecule has 1 aliphatic rings. The Hall–Kier alpha value is -3.00. The largest absolute Gasteiger partial charge is 0.504 e. The Balaban J connectivity index is 1.59. The van der Waals surface area contributed by atoms with Gasteiger partial charge in [0, 0.05) is 22.6 Å². The average molecular weight is 439 g/mol. The summed E-state index contributed by atoms with van der Waals surface area (Å²) in [5.74, 6) is 0.938. The second-order valence-corrected chi connectivity index (χ2v) is 8.51. The highest BCUT2D eigenvalue weighted by Gasteiger charge is 2.26. The number of phenols is 2. The van der Waals surface area contributed by atoms with Crippen LogP contribution in [0.3, 0.4) is 0 Å². The third-order valence-corrected chi connectivity index (χ3v) is 6.04. The maximum Gasteiger partial charge on any atom is 0.247 e. The number of hydrogen-bond donors (Lipinski definition) is 3. The van der Waals surface area contributed by atoms with E-state index in [0.29, 0.717) is 22.3 Å². The first-order valence-corrected chi connectivity index (χ1v) is 11.6. The standard InChI is InChI=1S/C23H26N4O3S/c1-2-3-4-5-8-13-31-23-25-22-20(26-27-23)16-9-6-7-10-17(16)24-21(30-22)15-11-12-18(28)19(29)14-15/h6-7,9-12,14,21,24,28-29H,2-5,8,13H2,1H3/t21-/m0/s1. The van der Waals surface area contributed by atoms with Gasteiger partial charge in [0.25, 0.3) is 0 Å². The lowest BCUT2D eigenvalue weighted by molar-refractivity contribution is 0.224. The smallest absolute Gasteiger partial charge is 0.247 e. The van der Waals surface area contributed by atoms with Crippen LogP contribution in [-0.2, 0) is 0 Å². The summed E-state index contributed by atoms with van der Waals surface area (Å²) in [5.41, 5.74) is 2.90. The minimum absolute atomic E-state index is 0.181. The fraction of sp³-hybridized carbons (Fsp3) is 0.348. The summed E-state index contributed by atoms with van der Waals surface area (Å²) in [4.78, 5) is 4.64. The SMILES string of the molecule is CCCCCCCSc1nnc2c(n1)O[C@@H](c1ccc(O)c(O)c1)Nc1ccccc1-2. The molecule has 1 aromatic heterocycles. The van der Waals surface area contributed by atoms with Crippen LogP contribution in [0.5, 0.6) is 17.4 Å². The zero-order chi connectivity index (χ0) is 21.6. The Morgan fingerprint density at radius 1 is 1.00 bits per heavy atom. The van der Waals surface area contributed by atoms with Crippen molar-refractivity contribution >= 4 is 17.4 Å². The number of anilines is 1. The van der Waals surface area contributed by atoms with E-state index in [9.17, 15) is 10.2 Å². The van der Waals surface area contributed by atoms with E-state index in [4.69, 9.17) is 4.74 Å². The molecule has 0 unspecified atom stereocenters. The number of aromatic nitrogens is 3. The van der Waals surface area contributed by atoms with Crippen LogP contribution in [0.4, 0.5) is 5.69 Å². The van der Waals surface area contributed by atoms with Gasteiger partial charge in [-0.2, -0.15) is 4.98 Å². The quantitative estimate of drug-likeness (QED) is 0.240. The van der Waals surface area contributed by atoms with Crippen LogP contribution in [0, 0.1) is 0 Å². The van der Waals surface area contributed by atoms with Crippen molar-refractivity contribution in [1.29, 1.82) is 0 Å². The summed E-state index contributed by atoms with van der Waals surface area (Å²) in [6.07, 6.45) is 5.48. The number of aromatic hydroxyl groups is 2. The minimum Gasteiger partial charge on any atom is -0.504 e. The Bertz CT molecular complexity index is 1050. The van der Waals surface area contributed by atoms with E-state index in [1.165, 1.54) is 37.8 Å². The van der Waals surface area contributed by atoms with Gasteiger partial charge in [-0.05, 0) is 30.7 Å². The highest BCUT2D eigenvalue weighted by molar-refractivity contribution is 7.99. The molecule has 0 fully saturated rings. The topological polar surface area (TPSA) is 100 Å². The molecule has 8 heteroatoms. The van der Waals surface area contributed by atoms with E-state index < -0.39 is 6.23 Å². The minimum atomic E-state index is -0.613. The lowest BCUT2D eigenvalue weighted by Gasteiger charge is -2.19. The molecular weight excluding hydrogens is 412 g/mol. The monoisotopic (exact) mass is 438 g/mol. The number of rotatable bonds is 8. The molecule has 0 saturated heterocycles. The second kappa shape index (κ2) is 9.87. The predicted octanol–water partition coefficient (Wildman–Crippen LogP) is 5.52. The molecule has 0 radical (unpaired) electrons. The molecule has 0 saturated carbocycles. The molecule has 0 spiro atoms. The number of nitrogens with one attached hydrogen (secondary N) is 1. The normalized spacial score (nSPS) is 14.7. The van der Waals surface area contributed by atoms with Crippen LogP contribution in [-0.4, -0.2) is 31.1 Å². The highest BCUT2D eigenvalue weighted by atomic mass is 32.2. The van der Waals surface area contributed by atoms with Crippen LogP contribution in [0.2, 0.25) is 0 Å². The summed E-state index contributed by atoms with van der Waals surface area (Å²) in [6, 6.07) is 12.3. The summed E-state index contributed by atoms with van der Waals surface area (Å²) in [5, 5.41) is 32.2. The number of nitrogens with zero attached hydrogens (tertiary/aromatic N) is 3. The number of phenolic OH excluding ortho intramolecular Hbond substituents is 2. The molecule has 162 valence electrons. The summed E-state index contributed by atoms with van der Waals surface area (Å²) in [6.45, 7) is 2.21. The number of fused-ring (bicyclic) bond motifs is 3. The number of thioether (sulfide) groups is 1. The molecule has 7 nitrogen and oxygen atoms in total. The molecular formula is C23H26N4O3S. The van der Waals surface area contributed by atoms with Gasteiger partial charge >= 0.3 is 0 Å². The van der Waals surface area contributed by atoms with Gasteiger partial charge in [-0.3, -0.25) is 0 Å². The average Bonchev–Trinajstić information content (AvgIpc) is 2.94. The van der Waals surface area contributed by atoms with E-state index in [2.05, 4.69) is 27.4 Å². The summed E-state index contributed by atoms with van der Waals surface area (Å²) in [7, 11) is 0. The van der Waals surface area contributed by atoms with Gasteiger partial charge < -0.3 is 20.3 Å². The van der Waals surface area contributed by atoms with Gasteiger partial charge in [0.15, 0.2) is 23.4 Å². The van der Waals surface area contributed by atoms with Crippen molar-refractivity contribution < 1.29 is 14.9 Å². The zero-order valence-corrected chi connectivity index (χ0v) is 18.2. The first kappa shape index (κ1) is 21.2. The van der Waals surface area contributed by atoms with Gasteiger partial charge in [-0.1, -0.05) is 62.6 Å². The lowest BCUT2D eigenvalue weighted by atomic mass is 10.1. The van der Waals surface area contributed by atoms with Gasteiger partial charge in [-0.25, -0.2) is 0 Å². The molecule has 3 aromatic rings. The van der Waals surface area contributed by atoms with Gasteiger partial charge in [0.05, 0.1) is 0 Å². The predicted molar refractivity (Wildman–Crippen MR) is 122 cm³/mol. The molecule has 1 atom stereocenters. The van der Waals surface area contributed by atoms with Crippen LogP contribution in [0.25, 0.3) is 11.3 Å². The molecule has 0 aliphatic carbocycles. The summed E-state index contributed by atoms with van der Waals surface area (Å²) < 4.78 is 6.19. The van der Waals surface area contributed by atoms with Crippen LogP contribution in [0.1, 0.15) is 50.8 Å².